The number of Topliss-reactive ketones (excluding diaryl/α,β-unsaturated/α-hetero) is 1. The second-order valence-corrected chi connectivity index (χ2v) is 5.96. The van der Waals surface area contributed by atoms with Crippen molar-refractivity contribution in [1.29, 1.82) is 0 Å². The largest absolute Gasteiger partial charge is 0.293 e. The lowest BCUT2D eigenvalue weighted by atomic mass is 9.95. The van der Waals surface area contributed by atoms with E-state index in [4.69, 9.17) is 0 Å². The zero-order valence-corrected chi connectivity index (χ0v) is 12.2. The number of rotatable bonds is 4. The predicted molar refractivity (Wildman–Crippen MR) is 74.7 cm³/mol. The topological polar surface area (TPSA) is 20.3 Å². The van der Waals surface area contributed by atoms with Gasteiger partial charge in [-0.2, -0.15) is 0 Å². The zero-order chi connectivity index (χ0) is 14.9. The van der Waals surface area contributed by atoms with Crippen molar-refractivity contribution in [1.82, 2.24) is 4.90 Å². The summed E-state index contributed by atoms with van der Waals surface area (Å²) in [4.78, 5) is 14.5. The summed E-state index contributed by atoms with van der Waals surface area (Å²) in [7, 11) is 0. The number of carbonyl (C=O) groups is 1. The predicted octanol–water partition coefficient (Wildman–Crippen LogP) is 3.51. The fraction of sp³-hybridized carbons (Fsp3) is 0.562. The van der Waals surface area contributed by atoms with Crippen molar-refractivity contribution in [3.05, 3.63) is 35.4 Å². The maximum absolute atomic E-state index is 13.2. The molecule has 2 nitrogen and oxygen atoms in total. The molecule has 1 saturated heterocycles. The van der Waals surface area contributed by atoms with Gasteiger partial charge >= 0.3 is 0 Å². The summed E-state index contributed by atoms with van der Waals surface area (Å²) in [6.07, 6.45) is 1.09. The van der Waals surface area contributed by atoms with E-state index < -0.39 is 11.6 Å². The van der Waals surface area contributed by atoms with Gasteiger partial charge < -0.3 is 0 Å². The molecule has 1 aliphatic heterocycles. The number of nitrogens with zero attached hydrogens (tertiary/aromatic N) is 1. The van der Waals surface area contributed by atoms with Gasteiger partial charge in [0.25, 0.3) is 0 Å². The van der Waals surface area contributed by atoms with Crippen LogP contribution in [0.25, 0.3) is 0 Å². The molecular formula is C16H21F2NO. The Balaban J connectivity index is 2.07. The molecule has 0 saturated carbocycles. The van der Waals surface area contributed by atoms with Crippen molar-refractivity contribution >= 4 is 5.78 Å². The first kappa shape index (κ1) is 15.1. The van der Waals surface area contributed by atoms with Crippen LogP contribution in [0.4, 0.5) is 8.78 Å². The normalized spacial score (nSPS) is 21.4. The third-order valence-corrected chi connectivity index (χ3v) is 4.33. The van der Waals surface area contributed by atoms with Crippen LogP contribution in [0.3, 0.4) is 0 Å². The number of ketones is 1. The van der Waals surface area contributed by atoms with Gasteiger partial charge in [-0.3, -0.25) is 9.69 Å². The lowest BCUT2D eigenvalue weighted by Gasteiger charge is -2.24. The summed E-state index contributed by atoms with van der Waals surface area (Å²) < 4.78 is 26.1. The van der Waals surface area contributed by atoms with E-state index in [1.807, 2.05) is 6.92 Å². The molecule has 2 unspecified atom stereocenters. The Labute approximate surface area is 118 Å². The number of hydrogen-bond acceptors (Lipinski definition) is 2. The highest BCUT2D eigenvalue weighted by Crippen LogP contribution is 2.26. The zero-order valence-electron chi connectivity index (χ0n) is 12.2. The summed E-state index contributed by atoms with van der Waals surface area (Å²) in [5.41, 5.74) is 0.240. The lowest BCUT2D eigenvalue weighted by molar-refractivity contribution is 0.0859. The number of halogens is 2. The van der Waals surface area contributed by atoms with Gasteiger partial charge in [0.2, 0.25) is 0 Å². The molecule has 110 valence electrons. The molecule has 2 atom stereocenters. The quantitative estimate of drug-likeness (QED) is 0.787. The monoisotopic (exact) mass is 281 g/mol. The molecule has 0 aromatic heterocycles. The molecule has 1 aromatic rings. The van der Waals surface area contributed by atoms with Crippen LogP contribution in [0.1, 0.15) is 37.6 Å². The number of benzene rings is 1. The Kier molecular flexibility index (Phi) is 4.53. The fourth-order valence-electron chi connectivity index (χ4n) is 2.77. The van der Waals surface area contributed by atoms with Crippen molar-refractivity contribution in [3.8, 4) is 0 Å². The van der Waals surface area contributed by atoms with Crippen molar-refractivity contribution in [2.75, 3.05) is 13.1 Å². The van der Waals surface area contributed by atoms with Gasteiger partial charge in [0.05, 0.1) is 6.04 Å². The highest BCUT2D eigenvalue weighted by Gasteiger charge is 2.31. The maximum atomic E-state index is 13.2. The molecule has 0 spiro atoms. The van der Waals surface area contributed by atoms with Gasteiger partial charge in [-0.15, -0.1) is 0 Å². The van der Waals surface area contributed by atoms with E-state index in [-0.39, 0.29) is 17.4 Å². The van der Waals surface area contributed by atoms with Gasteiger partial charge in [-0.05, 0) is 49.9 Å². The Hall–Kier alpha value is -1.29. The first-order valence-electron chi connectivity index (χ1n) is 7.13. The van der Waals surface area contributed by atoms with E-state index in [2.05, 4.69) is 18.7 Å². The number of carbonyl (C=O) groups excluding carboxylic acids is 1. The van der Waals surface area contributed by atoms with Crippen LogP contribution < -0.4 is 0 Å². The lowest BCUT2D eigenvalue weighted by Crippen LogP contribution is -2.37. The van der Waals surface area contributed by atoms with E-state index in [0.717, 1.165) is 31.6 Å². The molecule has 2 rings (SSSR count). The standard InChI is InChI=1S/C16H21F2NO/c1-10(2)13-6-7-19(9-13)11(3)16(20)12-4-5-14(17)15(18)8-12/h4-5,8,10-11,13H,6-7,9H2,1-3H3. The average Bonchev–Trinajstić information content (AvgIpc) is 2.90. The first-order valence-corrected chi connectivity index (χ1v) is 7.13. The number of likely N-dealkylation sites (tertiary alicyclic amines) is 1. The van der Waals surface area contributed by atoms with Gasteiger partial charge in [-0.25, -0.2) is 8.78 Å². The molecule has 1 heterocycles. The van der Waals surface area contributed by atoms with Crippen LogP contribution in [0, 0.1) is 23.5 Å². The molecule has 0 aliphatic carbocycles. The molecule has 0 N–H and O–H groups in total. The van der Waals surface area contributed by atoms with Crippen molar-refractivity contribution in [2.45, 2.75) is 33.2 Å². The summed E-state index contributed by atoms with van der Waals surface area (Å²) >= 11 is 0. The Morgan fingerprint density at radius 1 is 1.25 bits per heavy atom. The van der Waals surface area contributed by atoms with Crippen LogP contribution in [-0.2, 0) is 0 Å². The highest BCUT2D eigenvalue weighted by molar-refractivity contribution is 5.99. The molecule has 0 radical (unpaired) electrons. The molecular weight excluding hydrogens is 260 g/mol. The van der Waals surface area contributed by atoms with E-state index in [1.165, 1.54) is 6.07 Å². The summed E-state index contributed by atoms with van der Waals surface area (Å²) in [5.74, 6) is -0.825. The summed E-state index contributed by atoms with van der Waals surface area (Å²) in [6.45, 7) is 8.01. The Bertz CT molecular complexity index is 501. The average molecular weight is 281 g/mol. The molecule has 20 heavy (non-hydrogen) atoms. The van der Waals surface area contributed by atoms with E-state index >= 15 is 0 Å². The van der Waals surface area contributed by atoms with Crippen LogP contribution in [0.15, 0.2) is 18.2 Å². The third kappa shape index (κ3) is 3.06. The summed E-state index contributed by atoms with van der Waals surface area (Å²) in [6, 6.07) is 3.07. The molecule has 1 aromatic carbocycles. The molecule has 0 amide bonds. The maximum Gasteiger partial charge on any atom is 0.179 e. The van der Waals surface area contributed by atoms with Gasteiger partial charge in [0.1, 0.15) is 0 Å². The Morgan fingerprint density at radius 3 is 2.50 bits per heavy atom. The molecule has 1 fully saturated rings. The minimum Gasteiger partial charge on any atom is -0.293 e. The van der Waals surface area contributed by atoms with Crippen molar-refractivity contribution in [2.24, 2.45) is 11.8 Å². The minimum absolute atomic E-state index is 0.145. The molecule has 4 heteroatoms. The second-order valence-electron chi connectivity index (χ2n) is 5.96. The highest BCUT2D eigenvalue weighted by atomic mass is 19.2. The number of hydrogen-bond donors (Lipinski definition) is 0. The smallest absolute Gasteiger partial charge is 0.179 e. The van der Waals surface area contributed by atoms with E-state index in [1.54, 1.807) is 0 Å². The first-order chi connectivity index (χ1) is 9.40. The molecule has 0 bridgehead atoms. The summed E-state index contributed by atoms with van der Waals surface area (Å²) in [5, 5.41) is 0. The van der Waals surface area contributed by atoms with Crippen LogP contribution in [0.2, 0.25) is 0 Å². The van der Waals surface area contributed by atoms with Crippen LogP contribution in [0.5, 0.6) is 0 Å². The third-order valence-electron chi connectivity index (χ3n) is 4.33. The van der Waals surface area contributed by atoms with Crippen molar-refractivity contribution < 1.29 is 13.6 Å². The fourth-order valence-corrected chi connectivity index (χ4v) is 2.77. The second kappa shape index (κ2) is 6.00. The van der Waals surface area contributed by atoms with Crippen LogP contribution in [-0.4, -0.2) is 29.8 Å². The SMILES string of the molecule is CC(C)C1CCN(C(C)C(=O)c2ccc(F)c(F)c2)C1. The van der Waals surface area contributed by atoms with Crippen molar-refractivity contribution in [3.63, 3.8) is 0 Å². The van der Waals surface area contributed by atoms with E-state index in [9.17, 15) is 13.6 Å². The van der Waals surface area contributed by atoms with Gasteiger partial charge in [-0.1, -0.05) is 13.8 Å². The van der Waals surface area contributed by atoms with Gasteiger partial charge in [0, 0.05) is 12.1 Å². The van der Waals surface area contributed by atoms with E-state index in [0.29, 0.717) is 11.8 Å². The van der Waals surface area contributed by atoms with Crippen LogP contribution >= 0.6 is 0 Å². The van der Waals surface area contributed by atoms with Gasteiger partial charge in [0.15, 0.2) is 17.4 Å². The minimum atomic E-state index is -0.968. The molecule has 1 aliphatic rings. The Morgan fingerprint density at radius 2 is 1.95 bits per heavy atom.